The third-order valence-electron chi connectivity index (χ3n) is 5.63. The average Bonchev–Trinajstić information content (AvgIpc) is 3.14. The van der Waals surface area contributed by atoms with E-state index < -0.39 is 10.0 Å². The van der Waals surface area contributed by atoms with Crippen molar-refractivity contribution in [1.82, 2.24) is 19.5 Å². The van der Waals surface area contributed by atoms with Gasteiger partial charge in [-0.2, -0.15) is 9.40 Å². The van der Waals surface area contributed by atoms with Crippen molar-refractivity contribution in [2.75, 3.05) is 44.4 Å². The van der Waals surface area contributed by atoms with Gasteiger partial charge in [0.25, 0.3) is 0 Å². The molecular formula is C21H23N6O2S+. The lowest BCUT2D eigenvalue weighted by molar-refractivity contribution is -0.423. The van der Waals surface area contributed by atoms with E-state index in [9.17, 15) is 8.42 Å². The molecule has 0 aliphatic carbocycles. The first-order valence-corrected chi connectivity index (χ1v) is 11.7. The lowest BCUT2D eigenvalue weighted by Crippen LogP contribution is -2.48. The number of nitrogens with zero attached hydrogens (tertiary/aromatic N) is 5. The van der Waals surface area contributed by atoms with Crippen LogP contribution in [0, 0.1) is 0 Å². The average molecular weight is 424 g/mol. The zero-order chi connectivity index (χ0) is 20.9. The molecule has 0 unspecified atom stereocenters. The molecule has 5 rings (SSSR count). The number of aromatic amines is 1. The normalized spacial score (nSPS) is 17.6. The van der Waals surface area contributed by atoms with Gasteiger partial charge in [-0.05, 0) is 29.8 Å². The highest BCUT2D eigenvalue weighted by Crippen LogP contribution is 2.31. The van der Waals surface area contributed by atoms with E-state index in [0.29, 0.717) is 26.2 Å². The minimum Gasteiger partial charge on any atom is -0.354 e. The van der Waals surface area contributed by atoms with Crippen molar-refractivity contribution in [2.45, 2.75) is 0 Å². The number of hydrogen-bond acceptors (Lipinski definition) is 5. The van der Waals surface area contributed by atoms with E-state index in [1.165, 1.54) is 16.1 Å². The fourth-order valence-electron chi connectivity index (χ4n) is 3.98. The Morgan fingerprint density at radius 1 is 1.07 bits per heavy atom. The van der Waals surface area contributed by atoms with Gasteiger partial charge in [-0.25, -0.2) is 18.0 Å². The molecule has 8 nitrogen and oxygen atoms in total. The summed E-state index contributed by atoms with van der Waals surface area (Å²) in [6.07, 6.45) is 7.24. The van der Waals surface area contributed by atoms with Crippen molar-refractivity contribution >= 4 is 38.5 Å². The van der Waals surface area contributed by atoms with Crippen molar-refractivity contribution in [2.24, 2.45) is 0 Å². The summed E-state index contributed by atoms with van der Waals surface area (Å²) in [6.45, 7) is 2.18. The molecular weight excluding hydrogens is 400 g/mol. The number of nitrogens with one attached hydrogen (secondary N) is 1. The molecule has 0 atom stereocenters. The van der Waals surface area contributed by atoms with Gasteiger partial charge in [0, 0.05) is 43.3 Å². The number of fused-ring (bicyclic) bond motifs is 1. The summed E-state index contributed by atoms with van der Waals surface area (Å²) in [5, 5.41) is 8.74. The van der Waals surface area contributed by atoms with Crippen LogP contribution < -0.4 is 4.90 Å². The van der Waals surface area contributed by atoms with Crippen LogP contribution in [-0.2, 0) is 10.0 Å². The first kappa shape index (κ1) is 19.0. The number of sulfonamides is 1. The zero-order valence-corrected chi connectivity index (χ0v) is 17.7. The standard InChI is InChI=1S/C21H23N6O2S/c1-25-13-17(14-25)15-3-4-19-18(11-15)21(24-23-19)16-5-6-22-20(12-16)26-7-9-27(10-8-26)30(2,28)29/h3-6,11-14H,7-10H2,1-2H3,(H,23,24)/q+1. The maximum Gasteiger partial charge on any atom is 0.211 e. The van der Waals surface area contributed by atoms with E-state index in [2.05, 4.69) is 50.7 Å². The van der Waals surface area contributed by atoms with E-state index in [1.807, 2.05) is 23.8 Å². The third-order valence-corrected chi connectivity index (χ3v) is 6.94. The lowest BCUT2D eigenvalue weighted by atomic mass is 10.0. The molecule has 0 amide bonds. The van der Waals surface area contributed by atoms with Gasteiger partial charge in [-0.3, -0.25) is 5.10 Å². The molecule has 1 aromatic carbocycles. The fraction of sp³-hybridized carbons (Fsp3) is 0.286. The molecule has 1 saturated heterocycles. The largest absolute Gasteiger partial charge is 0.354 e. The third kappa shape index (κ3) is 3.40. The van der Waals surface area contributed by atoms with E-state index in [0.717, 1.165) is 33.5 Å². The summed E-state index contributed by atoms with van der Waals surface area (Å²) in [7, 11) is -1.14. The molecule has 1 fully saturated rings. The monoisotopic (exact) mass is 423 g/mol. The summed E-state index contributed by atoms with van der Waals surface area (Å²) in [5.41, 5.74) is 5.22. The second-order valence-electron chi connectivity index (χ2n) is 7.76. The Morgan fingerprint density at radius 2 is 1.83 bits per heavy atom. The number of pyridine rings is 1. The molecule has 0 bridgehead atoms. The fourth-order valence-corrected chi connectivity index (χ4v) is 4.80. The summed E-state index contributed by atoms with van der Waals surface area (Å²) >= 11 is 0. The number of allylic oxidation sites excluding steroid dienone is 1. The highest BCUT2D eigenvalue weighted by molar-refractivity contribution is 7.88. The molecule has 0 spiro atoms. The lowest BCUT2D eigenvalue weighted by Gasteiger charge is -2.34. The first-order valence-electron chi connectivity index (χ1n) is 9.82. The number of piperazine rings is 1. The Hall–Kier alpha value is -3.04. The minimum atomic E-state index is -3.15. The predicted octanol–water partition coefficient (Wildman–Crippen LogP) is 1.77. The van der Waals surface area contributed by atoms with Crippen LogP contribution in [0.1, 0.15) is 5.56 Å². The van der Waals surface area contributed by atoms with Crippen LogP contribution in [0.25, 0.3) is 27.7 Å². The van der Waals surface area contributed by atoms with Crippen LogP contribution in [0.5, 0.6) is 0 Å². The molecule has 2 aliphatic rings. The van der Waals surface area contributed by atoms with Crippen LogP contribution in [-0.4, -0.2) is 78.2 Å². The molecule has 0 radical (unpaired) electrons. The predicted molar refractivity (Wildman–Crippen MR) is 118 cm³/mol. The Kier molecular flexibility index (Phi) is 4.44. The molecule has 1 N–H and O–H groups in total. The molecule has 154 valence electrons. The maximum atomic E-state index is 11.8. The number of benzene rings is 1. The summed E-state index contributed by atoms with van der Waals surface area (Å²) < 4.78 is 27.1. The Labute approximate surface area is 175 Å². The molecule has 3 aromatic rings. The van der Waals surface area contributed by atoms with Crippen molar-refractivity contribution in [3.8, 4) is 11.3 Å². The van der Waals surface area contributed by atoms with E-state index >= 15 is 0 Å². The number of anilines is 1. The van der Waals surface area contributed by atoms with Crippen LogP contribution in [0.3, 0.4) is 0 Å². The van der Waals surface area contributed by atoms with Crippen molar-refractivity contribution in [3.63, 3.8) is 0 Å². The van der Waals surface area contributed by atoms with Gasteiger partial charge in [-0.1, -0.05) is 6.07 Å². The quantitative estimate of drug-likeness (QED) is 0.647. The first-order chi connectivity index (χ1) is 14.4. The van der Waals surface area contributed by atoms with Gasteiger partial charge in [0.1, 0.15) is 24.1 Å². The molecule has 0 saturated carbocycles. The Balaban J connectivity index is 1.44. The topological polar surface area (TPSA) is 85.2 Å². The highest BCUT2D eigenvalue weighted by Gasteiger charge is 2.24. The summed E-state index contributed by atoms with van der Waals surface area (Å²) in [6, 6.07) is 10.3. The Bertz CT molecular complexity index is 1300. The molecule has 2 aliphatic heterocycles. The van der Waals surface area contributed by atoms with Crippen molar-refractivity contribution < 1.29 is 13.0 Å². The van der Waals surface area contributed by atoms with Gasteiger partial charge >= 0.3 is 0 Å². The van der Waals surface area contributed by atoms with Crippen LogP contribution in [0.2, 0.25) is 0 Å². The van der Waals surface area contributed by atoms with E-state index in [4.69, 9.17) is 0 Å². The smallest absolute Gasteiger partial charge is 0.211 e. The molecule has 4 heterocycles. The van der Waals surface area contributed by atoms with Crippen LogP contribution in [0.15, 0.2) is 42.7 Å². The van der Waals surface area contributed by atoms with Gasteiger partial charge in [0.2, 0.25) is 10.0 Å². The number of hydrogen-bond donors (Lipinski definition) is 1. The number of H-pyrrole nitrogens is 1. The molecule has 2 aromatic heterocycles. The van der Waals surface area contributed by atoms with Crippen LogP contribution >= 0.6 is 0 Å². The van der Waals surface area contributed by atoms with E-state index in [-0.39, 0.29) is 0 Å². The van der Waals surface area contributed by atoms with Gasteiger partial charge in [-0.15, -0.1) is 0 Å². The molecule has 30 heavy (non-hydrogen) atoms. The van der Waals surface area contributed by atoms with Gasteiger partial charge in [0.15, 0.2) is 12.4 Å². The Morgan fingerprint density at radius 3 is 2.53 bits per heavy atom. The number of aromatic nitrogens is 3. The van der Waals surface area contributed by atoms with Crippen LogP contribution in [0.4, 0.5) is 5.82 Å². The zero-order valence-electron chi connectivity index (χ0n) is 16.9. The minimum absolute atomic E-state index is 0.472. The number of rotatable bonds is 4. The van der Waals surface area contributed by atoms with E-state index in [1.54, 1.807) is 6.20 Å². The van der Waals surface area contributed by atoms with Gasteiger partial charge < -0.3 is 4.90 Å². The van der Waals surface area contributed by atoms with Crippen molar-refractivity contribution in [3.05, 3.63) is 48.3 Å². The molecule has 9 heteroatoms. The highest BCUT2D eigenvalue weighted by atomic mass is 32.2. The maximum absolute atomic E-state index is 11.8. The second-order valence-corrected chi connectivity index (χ2v) is 9.75. The van der Waals surface area contributed by atoms with Crippen molar-refractivity contribution in [1.29, 1.82) is 0 Å². The SMILES string of the molecule is C[N+]1=CC(c2ccc3[nH]nc(-c4ccnc(N5CCN(S(C)(=O)=O)CC5)c4)c3c2)=C1. The summed E-state index contributed by atoms with van der Waals surface area (Å²) in [4.78, 5) is 6.64. The summed E-state index contributed by atoms with van der Waals surface area (Å²) in [5.74, 6) is 0.838. The van der Waals surface area contributed by atoms with Gasteiger partial charge in [0.05, 0.1) is 11.8 Å². The second kappa shape index (κ2) is 7.03.